The summed E-state index contributed by atoms with van der Waals surface area (Å²) in [6, 6.07) is 10.5. The van der Waals surface area contributed by atoms with Gasteiger partial charge in [0.05, 0.1) is 5.69 Å². The van der Waals surface area contributed by atoms with Gasteiger partial charge in [-0.05, 0) is 30.3 Å². The molecule has 0 unspecified atom stereocenters. The van der Waals surface area contributed by atoms with Crippen LogP contribution in [0.1, 0.15) is 0 Å². The maximum Gasteiger partial charge on any atom is 0.137 e. The standard InChI is InChI=1S/C13H8BrFN2/c14-9-4-5-11(15)10(7-9)12-8-17-6-2-1-3-13(17)16-12/h1-8H. The number of pyridine rings is 1. The van der Waals surface area contributed by atoms with E-state index in [4.69, 9.17) is 0 Å². The minimum absolute atomic E-state index is 0.267. The van der Waals surface area contributed by atoms with Crippen molar-refractivity contribution in [1.29, 1.82) is 0 Å². The monoisotopic (exact) mass is 290 g/mol. The van der Waals surface area contributed by atoms with Crippen molar-refractivity contribution in [3.63, 3.8) is 0 Å². The van der Waals surface area contributed by atoms with Crippen LogP contribution < -0.4 is 0 Å². The molecule has 3 rings (SSSR count). The number of fused-ring (bicyclic) bond motifs is 1. The zero-order chi connectivity index (χ0) is 11.8. The lowest BCUT2D eigenvalue weighted by Gasteiger charge is -1.99. The number of benzene rings is 1. The fourth-order valence-corrected chi connectivity index (χ4v) is 2.12. The number of rotatable bonds is 1. The first-order valence-corrected chi connectivity index (χ1v) is 5.92. The van der Waals surface area contributed by atoms with E-state index in [1.165, 1.54) is 6.07 Å². The second-order valence-corrected chi connectivity index (χ2v) is 4.63. The van der Waals surface area contributed by atoms with E-state index in [1.807, 2.05) is 35.0 Å². The zero-order valence-corrected chi connectivity index (χ0v) is 10.4. The Kier molecular flexibility index (Phi) is 2.44. The van der Waals surface area contributed by atoms with Crippen molar-refractivity contribution in [1.82, 2.24) is 9.38 Å². The first-order chi connectivity index (χ1) is 8.24. The normalized spacial score (nSPS) is 10.9. The summed E-state index contributed by atoms with van der Waals surface area (Å²) in [6.07, 6.45) is 3.71. The second-order valence-electron chi connectivity index (χ2n) is 3.72. The lowest BCUT2D eigenvalue weighted by molar-refractivity contribution is 0.630. The number of imidazole rings is 1. The van der Waals surface area contributed by atoms with E-state index in [0.29, 0.717) is 11.3 Å². The molecular weight excluding hydrogens is 283 g/mol. The molecule has 1 aromatic carbocycles. The Hall–Kier alpha value is -1.68. The van der Waals surface area contributed by atoms with Gasteiger partial charge in [-0.3, -0.25) is 0 Å². The van der Waals surface area contributed by atoms with Gasteiger partial charge in [-0.1, -0.05) is 22.0 Å². The number of nitrogens with zero attached hydrogens (tertiary/aromatic N) is 2. The Morgan fingerprint density at radius 1 is 1.18 bits per heavy atom. The molecule has 2 heterocycles. The third-order valence-electron chi connectivity index (χ3n) is 2.57. The van der Waals surface area contributed by atoms with Crippen LogP contribution in [-0.4, -0.2) is 9.38 Å². The summed E-state index contributed by atoms with van der Waals surface area (Å²) in [7, 11) is 0. The molecule has 0 N–H and O–H groups in total. The molecule has 2 aromatic heterocycles. The van der Waals surface area contributed by atoms with Gasteiger partial charge in [0, 0.05) is 22.4 Å². The van der Waals surface area contributed by atoms with Crippen molar-refractivity contribution >= 4 is 21.6 Å². The van der Waals surface area contributed by atoms with Crippen LogP contribution in [0.2, 0.25) is 0 Å². The number of hydrogen-bond acceptors (Lipinski definition) is 1. The van der Waals surface area contributed by atoms with E-state index >= 15 is 0 Å². The van der Waals surface area contributed by atoms with Gasteiger partial charge in [0.1, 0.15) is 11.5 Å². The van der Waals surface area contributed by atoms with Crippen molar-refractivity contribution in [3.8, 4) is 11.3 Å². The van der Waals surface area contributed by atoms with Crippen molar-refractivity contribution in [2.45, 2.75) is 0 Å². The smallest absolute Gasteiger partial charge is 0.137 e. The third-order valence-corrected chi connectivity index (χ3v) is 3.06. The fraction of sp³-hybridized carbons (Fsp3) is 0. The molecule has 0 atom stereocenters. The van der Waals surface area contributed by atoms with E-state index in [-0.39, 0.29) is 5.82 Å². The molecule has 4 heteroatoms. The molecule has 0 radical (unpaired) electrons. The summed E-state index contributed by atoms with van der Waals surface area (Å²) in [4.78, 5) is 4.39. The highest BCUT2D eigenvalue weighted by atomic mass is 79.9. The van der Waals surface area contributed by atoms with Crippen LogP contribution >= 0.6 is 15.9 Å². The third kappa shape index (κ3) is 1.85. The molecule has 0 saturated carbocycles. The highest BCUT2D eigenvalue weighted by molar-refractivity contribution is 9.10. The van der Waals surface area contributed by atoms with Crippen molar-refractivity contribution in [2.24, 2.45) is 0 Å². The minimum Gasteiger partial charge on any atom is -0.306 e. The summed E-state index contributed by atoms with van der Waals surface area (Å²) >= 11 is 3.34. The molecule has 0 fully saturated rings. The maximum absolute atomic E-state index is 13.7. The Balaban J connectivity index is 2.23. The Morgan fingerprint density at radius 3 is 2.88 bits per heavy atom. The number of aromatic nitrogens is 2. The molecule has 0 aliphatic carbocycles. The fourth-order valence-electron chi connectivity index (χ4n) is 1.76. The molecule has 0 amide bonds. The van der Waals surface area contributed by atoms with Gasteiger partial charge in [-0.15, -0.1) is 0 Å². The first kappa shape index (κ1) is 10.5. The van der Waals surface area contributed by atoms with Gasteiger partial charge >= 0.3 is 0 Å². The van der Waals surface area contributed by atoms with E-state index in [2.05, 4.69) is 20.9 Å². The van der Waals surface area contributed by atoms with Crippen LogP contribution in [-0.2, 0) is 0 Å². The Morgan fingerprint density at radius 2 is 2.06 bits per heavy atom. The summed E-state index contributed by atoms with van der Waals surface area (Å²) in [5.74, 6) is -0.267. The van der Waals surface area contributed by atoms with Crippen LogP contribution in [0.4, 0.5) is 4.39 Å². The molecule has 0 aliphatic heterocycles. The lowest BCUT2D eigenvalue weighted by atomic mass is 10.1. The molecule has 0 bridgehead atoms. The predicted molar refractivity (Wildman–Crippen MR) is 68.3 cm³/mol. The maximum atomic E-state index is 13.7. The van der Waals surface area contributed by atoms with Crippen LogP contribution in [0.3, 0.4) is 0 Å². The van der Waals surface area contributed by atoms with E-state index in [9.17, 15) is 4.39 Å². The number of hydrogen-bond donors (Lipinski definition) is 0. The molecule has 3 aromatic rings. The van der Waals surface area contributed by atoms with Crippen LogP contribution in [0.15, 0.2) is 53.3 Å². The number of halogens is 2. The van der Waals surface area contributed by atoms with Gasteiger partial charge in [0.2, 0.25) is 0 Å². The van der Waals surface area contributed by atoms with Gasteiger partial charge in [-0.25, -0.2) is 9.37 Å². The van der Waals surface area contributed by atoms with Crippen LogP contribution in [0.5, 0.6) is 0 Å². The van der Waals surface area contributed by atoms with E-state index < -0.39 is 0 Å². The van der Waals surface area contributed by atoms with E-state index in [0.717, 1.165) is 10.1 Å². The summed E-state index contributed by atoms with van der Waals surface area (Å²) in [5.41, 5.74) is 1.94. The highest BCUT2D eigenvalue weighted by Gasteiger charge is 2.09. The highest BCUT2D eigenvalue weighted by Crippen LogP contribution is 2.25. The topological polar surface area (TPSA) is 17.3 Å². The summed E-state index contributed by atoms with van der Waals surface area (Å²) < 4.78 is 16.4. The SMILES string of the molecule is Fc1ccc(Br)cc1-c1cn2ccccc2n1. The average molecular weight is 291 g/mol. The molecule has 0 spiro atoms. The van der Waals surface area contributed by atoms with Crippen LogP contribution in [0.25, 0.3) is 16.9 Å². The van der Waals surface area contributed by atoms with Gasteiger partial charge in [0.15, 0.2) is 0 Å². The molecule has 84 valence electrons. The van der Waals surface area contributed by atoms with Crippen molar-refractivity contribution < 1.29 is 4.39 Å². The van der Waals surface area contributed by atoms with Gasteiger partial charge in [-0.2, -0.15) is 0 Å². The first-order valence-electron chi connectivity index (χ1n) is 5.13. The minimum atomic E-state index is -0.267. The van der Waals surface area contributed by atoms with E-state index in [1.54, 1.807) is 12.1 Å². The molecule has 0 saturated heterocycles. The van der Waals surface area contributed by atoms with Gasteiger partial charge in [0.25, 0.3) is 0 Å². The predicted octanol–water partition coefficient (Wildman–Crippen LogP) is 3.90. The quantitative estimate of drug-likeness (QED) is 0.664. The molecule has 17 heavy (non-hydrogen) atoms. The molecule has 2 nitrogen and oxygen atoms in total. The van der Waals surface area contributed by atoms with Crippen molar-refractivity contribution in [3.05, 3.63) is 59.1 Å². The molecule has 0 aliphatic rings. The van der Waals surface area contributed by atoms with Crippen molar-refractivity contribution in [2.75, 3.05) is 0 Å². The zero-order valence-electron chi connectivity index (χ0n) is 8.77. The largest absolute Gasteiger partial charge is 0.306 e. The average Bonchev–Trinajstić information content (AvgIpc) is 2.75. The Bertz CT molecular complexity index is 658. The summed E-state index contributed by atoms with van der Waals surface area (Å²) in [5, 5.41) is 0. The summed E-state index contributed by atoms with van der Waals surface area (Å²) in [6.45, 7) is 0. The second kappa shape index (κ2) is 3.96. The lowest BCUT2D eigenvalue weighted by Crippen LogP contribution is -1.83. The van der Waals surface area contributed by atoms with Gasteiger partial charge < -0.3 is 4.40 Å². The molecular formula is C13H8BrFN2. The van der Waals surface area contributed by atoms with Crippen LogP contribution in [0, 0.1) is 5.82 Å². The Labute approximate surface area is 106 Å².